The molecule has 0 spiro atoms. The number of hydrogen-bond donors (Lipinski definition) is 1. The first kappa shape index (κ1) is 15.7. The maximum atomic E-state index is 4.45. The Morgan fingerprint density at radius 3 is 2.83 bits per heavy atom. The summed E-state index contributed by atoms with van der Waals surface area (Å²) in [6, 6.07) is 11.6. The highest BCUT2D eigenvalue weighted by Crippen LogP contribution is 2.25. The SMILES string of the molecule is C=CCc1cnc(N[C@@H]2CCN([C@H](C)c3ccccc3)C2)cn1. The van der Waals surface area contributed by atoms with Crippen LogP contribution in [-0.4, -0.2) is 34.0 Å². The fourth-order valence-corrected chi connectivity index (χ4v) is 3.09. The van der Waals surface area contributed by atoms with E-state index in [-0.39, 0.29) is 0 Å². The summed E-state index contributed by atoms with van der Waals surface area (Å²) in [7, 11) is 0. The second-order valence-corrected chi connectivity index (χ2v) is 6.10. The van der Waals surface area contributed by atoms with Crippen molar-refractivity contribution < 1.29 is 0 Å². The molecule has 2 heterocycles. The molecular formula is C19H24N4. The fourth-order valence-electron chi connectivity index (χ4n) is 3.09. The summed E-state index contributed by atoms with van der Waals surface area (Å²) in [5.41, 5.74) is 2.33. The Morgan fingerprint density at radius 2 is 2.13 bits per heavy atom. The first-order valence-corrected chi connectivity index (χ1v) is 8.23. The third kappa shape index (κ3) is 3.96. The van der Waals surface area contributed by atoms with E-state index in [4.69, 9.17) is 0 Å². The molecule has 0 amide bonds. The molecule has 1 fully saturated rings. The predicted octanol–water partition coefficient (Wildman–Crippen LogP) is 3.45. The van der Waals surface area contributed by atoms with Crippen molar-refractivity contribution >= 4 is 5.82 Å². The van der Waals surface area contributed by atoms with Crippen molar-refractivity contribution in [3.8, 4) is 0 Å². The van der Waals surface area contributed by atoms with Gasteiger partial charge in [0, 0.05) is 31.6 Å². The summed E-state index contributed by atoms with van der Waals surface area (Å²) >= 11 is 0. The zero-order valence-corrected chi connectivity index (χ0v) is 13.7. The number of nitrogens with one attached hydrogen (secondary N) is 1. The molecule has 1 saturated heterocycles. The lowest BCUT2D eigenvalue weighted by molar-refractivity contribution is 0.261. The molecule has 120 valence electrons. The van der Waals surface area contributed by atoms with E-state index in [1.54, 1.807) is 0 Å². The maximum Gasteiger partial charge on any atom is 0.144 e. The van der Waals surface area contributed by atoms with E-state index in [0.717, 1.165) is 37.4 Å². The van der Waals surface area contributed by atoms with Crippen LogP contribution in [0.4, 0.5) is 5.82 Å². The Labute approximate surface area is 138 Å². The topological polar surface area (TPSA) is 41.1 Å². The van der Waals surface area contributed by atoms with Crippen molar-refractivity contribution in [3.63, 3.8) is 0 Å². The van der Waals surface area contributed by atoms with Gasteiger partial charge < -0.3 is 5.32 Å². The Kier molecular flexibility index (Phi) is 5.03. The standard InChI is InChI=1S/C19H24N4/c1-3-7-17-12-21-19(13-20-17)22-18-10-11-23(14-18)15(2)16-8-5-4-6-9-16/h3-6,8-9,12-13,15,18H,1,7,10-11,14H2,2H3,(H,21,22)/t15-,18-/m1/s1. The third-order valence-corrected chi connectivity index (χ3v) is 4.46. The molecule has 4 nitrogen and oxygen atoms in total. The van der Waals surface area contributed by atoms with Crippen molar-refractivity contribution in [2.24, 2.45) is 0 Å². The normalized spacial score (nSPS) is 19.4. The monoisotopic (exact) mass is 308 g/mol. The van der Waals surface area contributed by atoms with E-state index < -0.39 is 0 Å². The zero-order chi connectivity index (χ0) is 16.1. The smallest absolute Gasteiger partial charge is 0.144 e. The van der Waals surface area contributed by atoms with Gasteiger partial charge in [-0.05, 0) is 18.9 Å². The van der Waals surface area contributed by atoms with Gasteiger partial charge in [-0.3, -0.25) is 9.88 Å². The van der Waals surface area contributed by atoms with Gasteiger partial charge in [-0.15, -0.1) is 6.58 Å². The zero-order valence-electron chi connectivity index (χ0n) is 13.7. The van der Waals surface area contributed by atoms with Crippen LogP contribution < -0.4 is 5.32 Å². The van der Waals surface area contributed by atoms with Gasteiger partial charge in [0.1, 0.15) is 5.82 Å². The van der Waals surface area contributed by atoms with Gasteiger partial charge in [-0.25, -0.2) is 4.98 Å². The number of hydrogen-bond acceptors (Lipinski definition) is 4. The lowest BCUT2D eigenvalue weighted by Gasteiger charge is -2.24. The van der Waals surface area contributed by atoms with Crippen LogP contribution in [0.1, 0.15) is 30.6 Å². The largest absolute Gasteiger partial charge is 0.365 e. The molecule has 4 heteroatoms. The number of aromatic nitrogens is 2. The molecule has 1 aromatic carbocycles. The highest BCUT2D eigenvalue weighted by atomic mass is 15.2. The first-order valence-electron chi connectivity index (χ1n) is 8.23. The minimum atomic E-state index is 0.431. The quantitative estimate of drug-likeness (QED) is 0.830. The van der Waals surface area contributed by atoms with E-state index in [0.29, 0.717) is 12.1 Å². The van der Waals surface area contributed by atoms with Crippen LogP contribution in [0.5, 0.6) is 0 Å². The number of allylic oxidation sites excluding steroid dienone is 1. The van der Waals surface area contributed by atoms with Gasteiger partial charge in [-0.1, -0.05) is 36.4 Å². The van der Waals surface area contributed by atoms with Crippen LogP contribution in [-0.2, 0) is 6.42 Å². The summed E-state index contributed by atoms with van der Waals surface area (Å²) < 4.78 is 0. The second-order valence-electron chi connectivity index (χ2n) is 6.10. The van der Waals surface area contributed by atoms with Gasteiger partial charge in [-0.2, -0.15) is 0 Å². The molecule has 1 aliphatic rings. The van der Waals surface area contributed by atoms with Crippen LogP contribution in [0.25, 0.3) is 0 Å². The van der Waals surface area contributed by atoms with Crippen LogP contribution in [0.3, 0.4) is 0 Å². The Balaban J connectivity index is 1.56. The lowest BCUT2D eigenvalue weighted by atomic mass is 10.1. The minimum Gasteiger partial charge on any atom is -0.365 e. The van der Waals surface area contributed by atoms with Crippen LogP contribution in [0.2, 0.25) is 0 Å². The Morgan fingerprint density at radius 1 is 1.30 bits per heavy atom. The van der Waals surface area contributed by atoms with Crippen molar-refractivity contribution in [1.82, 2.24) is 14.9 Å². The molecule has 1 N–H and O–H groups in total. The summed E-state index contributed by atoms with van der Waals surface area (Å²) in [6.45, 7) is 8.14. The fraction of sp³-hybridized carbons (Fsp3) is 0.368. The van der Waals surface area contributed by atoms with Gasteiger partial charge >= 0.3 is 0 Å². The number of likely N-dealkylation sites (tertiary alicyclic amines) is 1. The molecular weight excluding hydrogens is 284 g/mol. The molecule has 0 bridgehead atoms. The van der Waals surface area contributed by atoms with Crippen molar-refractivity contribution in [1.29, 1.82) is 0 Å². The number of nitrogens with zero attached hydrogens (tertiary/aromatic N) is 3. The van der Waals surface area contributed by atoms with Crippen LogP contribution in [0, 0.1) is 0 Å². The average molecular weight is 308 g/mol. The van der Waals surface area contributed by atoms with Crippen molar-refractivity contribution in [2.75, 3.05) is 18.4 Å². The van der Waals surface area contributed by atoms with E-state index in [2.05, 4.69) is 64.0 Å². The maximum absolute atomic E-state index is 4.45. The van der Waals surface area contributed by atoms with E-state index >= 15 is 0 Å². The van der Waals surface area contributed by atoms with Gasteiger partial charge in [0.15, 0.2) is 0 Å². The highest BCUT2D eigenvalue weighted by Gasteiger charge is 2.26. The van der Waals surface area contributed by atoms with Crippen molar-refractivity contribution in [2.45, 2.75) is 31.8 Å². The number of rotatable bonds is 6. The molecule has 0 saturated carbocycles. The predicted molar refractivity (Wildman–Crippen MR) is 94.4 cm³/mol. The van der Waals surface area contributed by atoms with E-state index in [1.165, 1.54) is 5.56 Å². The van der Waals surface area contributed by atoms with Crippen LogP contribution in [0.15, 0.2) is 55.4 Å². The van der Waals surface area contributed by atoms with Gasteiger partial charge in [0.25, 0.3) is 0 Å². The summed E-state index contributed by atoms with van der Waals surface area (Å²) in [5.74, 6) is 0.858. The highest BCUT2D eigenvalue weighted by molar-refractivity contribution is 5.33. The lowest BCUT2D eigenvalue weighted by Crippen LogP contribution is -2.28. The molecule has 1 aromatic heterocycles. The second kappa shape index (κ2) is 7.38. The Hall–Kier alpha value is -2.20. The molecule has 2 atom stereocenters. The summed E-state index contributed by atoms with van der Waals surface area (Å²) in [6.07, 6.45) is 7.38. The average Bonchev–Trinajstić information content (AvgIpc) is 3.05. The van der Waals surface area contributed by atoms with Gasteiger partial charge in [0.2, 0.25) is 0 Å². The molecule has 0 radical (unpaired) electrons. The summed E-state index contributed by atoms with van der Waals surface area (Å²) in [4.78, 5) is 11.4. The molecule has 23 heavy (non-hydrogen) atoms. The van der Waals surface area contributed by atoms with E-state index in [1.807, 2.05) is 18.5 Å². The molecule has 2 aromatic rings. The summed E-state index contributed by atoms with van der Waals surface area (Å²) in [5, 5.41) is 3.51. The molecule has 3 rings (SSSR count). The van der Waals surface area contributed by atoms with Gasteiger partial charge in [0.05, 0.1) is 18.1 Å². The minimum absolute atomic E-state index is 0.431. The van der Waals surface area contributed by atoms with Crippen molar-refractivity contribution in [3.05, 3.63) is 66.6 Å². The Bertz CT molecular complexity index is 624. The molecule has 1 aliphatic heterocycles. The molecule has 0 aliphatic carbocycles. The first-order chi connectivity index (χ1) is 11.3. The van der Waals surface area contributed by atoms with E-state index in [9.17, 15) is 0 Å². The molecule has 0 unspecified atom stereocenters. The number of benzene rings is 1. The number of anilines is 1. The van der Waals surface area contributed by atoms with Crippen LogP contribution >= 0.6 is 0 Å². The third-order valence-electron chi connectivity index (χ3n) is 4.46.